The Morgan fingerprint density at radius 3 is 2.53 bits per heavy atom. The van der Waals surface area contributed by atoms with E-state index in [9.17, 15) is 4.79 Å². The molecule has 3 heteroatoms. The molecular formula is C12H24N2O. The molecule has 3 unspecified atom stereocenters. The van der Waals surface area contributed by atoms with Crippen LogP contribution in [0, 0.1) is 0 Å². The van der Waals surface area contributed by atoms with Gasteiger partial charge in [0.1, 0.15) is 0 Å². The van der Waals surface area contributed by atoms with Crippen molar-refractivity contribution in [1.82, 2.24) is 9.80 Å². The lowest BCUT2D eigenvalue weighted by Crippen LogP contribution is -2.55. The highest BCUT2D eigenvalue weighted by molar-refractivity contribution is 5.75. The molecule has 1 fully saturated rings. The van der Waals surface area contributed by atoms with Gasteiger partial charge in [-0.15, -0.1) is 0 Å². The van der Waals surface area contributed by atoms with Crippen LogP contribution in [-0.4, -0.2) is 47.9 Å². The van der Waals surface area contributed by atoms with Crippen LogP contribution in [0.5, 0.6) is 0 Å². The monoisotopic (exact) mass is 212 g/mol. The molecule has 1 amide bonds. The number of rotatable bonds is 2. The van der Waals surface area contributed by atoms with E-state index in [0.29, 0.717) is 24.5 Å². The number of carbonyl (C=O) groups excluding carboxylic acids is 1. The Morgan fingerprint density at radius 2 is 2.00 bits per heavy atom. The summed E-state index contributed by atoms with van der Waals surface area (Å²) in [7, 11) is 4.10. The van der Waals surface area contributed by atoms with E-state index in [1.165, 1.54) is 6.42 Å². The molecule has 0 saturated carbocycles. The lowest BCUT2D eigenvalue weighted by atomic mass is 9.92. The summed E-state index contributed by atoms with van der Waals surface area (Å²) in [5.41, 5.74) is 0. The molecule has 0 N–H and O–H groups in total. The Labute approximate surface area is 93.4 Å². The van der Waals surface area contributed by atoms with E-state index in [1.807, 2.05) is 18.9 Å². The highest BCUT2D eigenvalue weighted by Gasteiger charge is 2.33. The molecule has 0 aromatic heterocycles. The zero-order valence-electron chi connectivity index (χ0n) is 10.7. The molecule has 1 rings (SSSR count). The van der Waals surface area contributed by atoms with Crippen molar-refractivity contribution in [3.05, 3.63) is 0 Å². The van der Waals surface area contributed by atoms with Gasteiger partial charge in [-0.25, -0.2) is 0 Å². The number of nitrogens with zero attached hydrogens (tertiary/aromatic N) is 2. The average molecular weight is 212 g/mol. The molecule has 1 saturated heterocycles. The third kappa shape index (κ3) is 2.51. The quantitative estimate of drug-likeness (QED) is 0.696. The van der Waals surface area contributed by atoms with Gasteiger partial charge in [-0.1, -0.05) is 6.92 Å². The van der Waals surface area contributed by atoms with Crippen molar-refractivity contribution in [2.75, 3.05) is 14.1 Å². The van der Waals surface area contributed by atoms with Crippen LogP contribution in [0.15, 0.2) is 0 Å². The maximum absolute atomic E-state index is 11.7. The minimum Gasteiger partial charge on any atom is -0.341 e. The summed E-state index contributed by atoms with van der Waals surface area (Å²) in [5.74, 6) is 0.259. The van der Waals surface area contributed by atoms with Crippen LogP contribution >= 0.6 is 0 Å². The first-order valence-electron chi connectivity index (χ1n) is 5.96. The highest BCUT2D eigenvalue weighted by Crippen LogP contribution is 2.24. The zero-order chi connectivity index (χ0) is 11.6. The lowest BCUT2D eigenvalue weighted by molar-refractivity contribution is -0.134. The van der Waals surface area contributed by atoms with Crippen LogP contribution in [0.2, 0.25) is 0 Å². The van der Waals surface area contributed by atoms with Gasteiger partial charge in [0, 0.05) is 31.6 Å². The molecular weight excluding hydrogens is 188 g/mol. The van der Waals surface area contributed by atoms with Crippen LogP contribution < -0.4 is 0 Å². The van der Waals surface area contributed by atoms with Crippen LogP contribution in [0.3, 0.4) is 0 Å². The van der Waals surface area contributed by atoms with Crippen molar-refractivity contribution >= 4 is 5.91 Å². The molecule has 1 aliphatic rings. The van der Waals surface area contributed by atoms with Crippen molar-refractivity contribution in [2.45, 2.75) is 58.2 Å². The minimum absolute atomic E-state index is 0.259. The SMILES string of the molecule is CCC(=O)N(C)C1CCC(C)N(C)C1C. The van der Waals surface area contributed by atoms with Crippen molar-refractivity contribution in [3.63, 3.8) is 0 Å². The predicted molar refractivity (Wildman–Crippen MR) is 62.8 cm³/mol. The van der Waals surface area contributed by atoms with E-state index >= 15 is 0 Å². The Morgan fingerprint density at radius 1 is 1.40 bits per heavy atom. The Kier molecular flexibility index (Phi) is 4.14. The largest absolute Gasteiger partial charge is 0.341 e. The second-order valence-corrected chi connectivity index (χ2v) is 4.76. The molecule has 3 atom stereocenters. The molecule has 15 heavy (non-hydrogen) atoms. The molecule has 0 radical (unpaired) electrons. The summed E-state index contributed by atoms with van der Waals surface area (Å²) in [6.07, 6.45) is 2.93. The second-order valence-electron chi connectivity index (χ2n) is 4.76. The Balaban J connectivity index is 2.66. The Bertz CT molecular complexity index is 230. The number of hydrogen-bond donors (Lipinski definition) is 0. The van der Waals surface area contributed by atoms with E-state index in [2.05, 4.69) is 25.8 Å². The maximum atomic E-state index is 11.7. The van der Waals surface area contributed by atoms with E-state index in [0.717, 1.165) is 6.42 Å². The van der Waals surface area contributed by atoms with E-state index in [4.69, 9.17) is 0 Å². The van der Waals surface area contributed by atoms with Crippen molar-refractivity contribution in [2.24, 2.45) is 0 Å². The van der Waals surface area contributed by atoms with Crippen molar-refractivity contribution < 1.29 is 4.79 Å². The molecule has 88 valence electrons. The molecule has 0 aliphatic carbocycles. The van der Waals surface area contributed by atoms with Gasteiger partial charge in [-0.3, -0.25) is 9.69 Å². The summed E-state index contributed by atoms with van der Waals surface area (Å²) in [6.45, 7) is 6.41. The van der Waals surface area contributed by atoms with Gasteiger partial charge >= 0.3 is 0 Å². The van der Waals surface area contributed by atoms with Gasteiger partial charge in [0.05, 0.1) is 0 Å². The summed E-state index contributed by atoms with van der Waals surface area (Å²) in [5, 5.41) is 0. The molecule has 0 aromatic carbocycles. The molecule has 0 spiro atoms. The van der Waals surface area contributed by atoms with Crippen LogP contribution in [0.1, 0.15) is 40.0 Å². The third-order valence-electron chi connectivity index (χ3n) is 3.97. The smallest absolute Gasteiger partial charge is 0.222 e. The van der Waals surface area contributed by atoms with E-state index < -0.39 is 0 Å². The normalized spacial score (nSPS) is 32.7. The standard InChI is InChI=1S/C12H24N2O/c1-6-12(15)14(5)11-8-7-9(2)13(4)10(11)3/h9-11H,6-8H2,1-5H3. The molecule has 0 aromatic rings. The molecule has 0 bridgehead atoms. The predicted octanol–water partition coefficient (Wildman–Crippen LogP) is 1.73. The van der Waals surface area contributed by atoms with Gasteiger partial charge < -0.3 is 4.90 Å². The van der Waals surface area contributed by atoms with Gasteiger partial charge in [-0.2, -0.15) is 0 Å². The number of hydrogen-bond acceptors (Lipinski definition) is 2. The fourth-order valence-electron chi connectivity index (χ4n) is 2.48. The van der Waals surface area contributed by atoms with E-state index in [1.54, 1.807) is 0 Å². The fraction of sp³-hybridized carbons (Fsp3) is 0.917. The number of piperidine rings is 1. The summed E-state index contributed by atoms with van der Waals surface area (Å²) < 4.78 is 0. The van der Waals surface area contributed by atoms with Crippen LogP contribution in [0.4, 0.5) is 0 Å². The van der Waals surface area contributed by atoms with Crippen LogP contribution in [0.25, 0.3) is 0 Å². The first kappa shape index (κ1) is 12.5. The number of likely N-dealkylation sites (tertiary alicyclic amines) is 1. The highest BCUT2D eigenvalue weighted by atomic mass is 16.2. The second kappa shape index (κ2) is 4.97. The third-order valence-corrected chi connectivity index (χ3v) is 3.97. The lowest BCUT2D eigenvalue weighted by Gasteiger charge is -2.45. The minimum atomic E-state index is 0.259. The van der Waals surface area contributed by atoms with Gasteiger partial charge in [0.2, 0.25) is 5.91 Å². The Hall–Kier alpha value is -0.570. The fourth-order valence-corrected chi connectivity index (χ4v) is 2.48. The molecule has 3 nitrogen and oxygen atoms in total. The van der Waals surface area contributed by atoms with Gasteiger partial charge in [-0.05, 0) is 33.7 Å². The summed E-state index contributed by atoms with van der Waals surface area (Å²) in [4.78, 5) is 16.0. The van der Waals surface area contributed by atoms with Crippen LogP contribution in [-0.2, 0) is 4.79 Å². The topological polar surface area (TPSA) is 23.6 Å². The van der Waals surface area contributed by atoms with Gasteiger partial charge in [0.25, 0.3) is 0 Å². The van der Waals surface area contributed by atoms with E-state index in [-0.39, 0.29) is 5.91 Å². The number of carbonyl (C=O) groups is 1. The van der Waals surface area contributed by atoms with Gasteiger partial charge in [0.15, 0.2) is 0 Å². The zero-order valence-corrected chi connectivity index (χ0v) is 10.7. The van der Waals surface area contributed by atoms with Crippen molar-refractivity contribution in [1.29, 1.82) is 0 Å². The first-order chi connectivity index (χ1) is 6.99. The summed E-state index contributed by atoms with van der Waals surface area (Å²) in [6, 6.07) is 1.49. The first-order valence-corrected chi connectivity index (χ1v) is 5.96. The van der Waals surface area contributed by atoms with Crippen molar-refractivity contribution in [3.8, 4) is 0 Å². The number of amides is 1. The molecule has 1 aliphatic heterocycles. The maximum Gasteiger partial charge on any atom is 0.222 e. The average Bonchev–Trinajstić information content (AvgIpc) is 2.24. The molecule has 1 heterocycles. The summed E-state index contributed by atoms with van der Waals surface area (Å²) >= 11 is 0. The number of likely N-dealkylation sites (N-methyl/N-ethyl adjacent to an activating group) is 2.